The minimum atomic E-state index is -4.25. The number of fused-ring (bicyclic) bond motifs is 1. The molecule has 0 saturated carbocycles. The molecule has 1 fully saturated rings. The van der Waals surface area contributed by atoms with E-state index in [1.807, 2.05) is 0 Å². The summed E-state index contributed by atoms with van der Waals surface area (Å²) >= 11 is 0. The van der Waals surface area contributed by atoms with Gasteiger partial charge in [-0.2, -0.15) is 10.2 Å². The SMILES string of the molecule is CCOC(=O)[C@H](C)NP(=O)(OC[C@]1(CF)C[C@@H](O)[C@H](c2ccc3c(N)ncnn23)O1)Oc1ccccc1. The number of nitrogens with one attached hydrogen (secondary N) is 1. The summed E-state index contributed by atoms with van der Waals surface area (Å²) in [5, 5.41) is 17.5. The number of aliphatic hydroxyl groups excluding tert-OH is 1. The summed E-state index contributed by atoms with van der Waals surface area (Å²) in [6.45, 7) is 1.59. The van der Waals surface area contributed by atoms with E-state index in [-0.39, 0.29) is 24.6 Å². The van der Waals surface area contributed by atoms with Crippen LogP contribution >= 0.6 is 7.75 Å². The Labute approximate surface area is 212 Å². The number of nitrogens with two attached hydrogens (primary N) is 1. The van der Waals surface area contributed by atoms with Gasteiger partial charge in [-0.3, -0.25) is 9.32 Å². The Kier molecular flexibility index (Phi) is 8.10. The highest BCUT2D eigenvalue weighted by Crippen LogP contribution is 2.48. The second-order valence-corrected chi connectivity index (χ2v) is 10.3. The maximum absolute atomic E-state index is 14.4. The van der Waals surface area contributed by atoms with Gasteiger partial charge in [0.15, 0.2) is 5.82 Å². The number of aliphatic hydroxyl groups is 1. The van der Waals surface area contributed by atoms with Crippen LogP contribution in [0.5, 0.6) is 5.75 Å². The Morgan fingerprint density at radius 3 is 2.84 bits per heavy atom. The van der Waals surface area contributed by atoms with E-state index in [9.17, 15) is 18.9 Å². The van der Waals surface area contributed by atoms with Gasteiger partial charge in [-0.25, -0.2) is 18.5 Å². The number of ether oxygens (including phenoxy) is 2. The van der Waals surface area contributed by atoms with E-state index < -0.39 is 50.8 Å². The minimum absolute atomic E-state index is 0.124. The second-order valence-electron chi connectivity index (χ2n) is 8.61. The molecular formula is C23H29FN5O7P. The molecule has 5 atom stereocenters. The highest BCUT2D eigenvalue weighted by Gasteiger charge is 2.50. The molecule has 0 aliphatic carbocycles. The maximum atomic E-state index is 14.4. The van der Waals surface area contributed by atoms with E-state index in [1.54, 1.807) is 49.4 Å². The van der Waals surface area contributed by atoms with Gasteiger partial charge >= 0.3 is 13.7 Å². The summed E-state index contributed by atoms with van der Waals surface area (Å²) in [5.74, 6) is -0.238. The van der Waals surface area contributed by atoms with Crippen molar-refractivity contribution < 1.29 is 37.4 Å². The minimum Gasteiger partial charge on any atom is -0.465 e. The lowest BCUT2D eigenvalue weighted by Gasteiger charge is -2.29. The molecule has 1 aliphatic heterocycles. The average molecular weight is 537 g/mol. The molecule has 37 heavy (non-hydrogen) atoms. The van der Waals surface area contributed by atoms with Crippen LogP contribution in [0.25, 0.3) is 5.52 Å². The van der Waals surface area contributed by atoms with Gasteiger partial charge in [-0.1, -0.05) is 18.2 Å². The number of hydrogen-bond acceptors (Lipinski definition) is 10. The van der Waals surface area contributed by atoms with Crippen LogP contribution in [0, 0.1) is 0 Å². The lowest BCUT2D eigenvalue weighted by molar-refractivity contribution is -0.144. The number of halogens is 1. The Balaban J connectivity index is 1.55. The van der Waals surface area contributed by atoms with Crippen molar-refractivity contribution in [2.24, 2.45) is 0 Å². The molecule has 200 valence electrons. The van der Waals surface area contributed by atoms with Gasteiger partial charge in [0.25, 0.3) is 0 Å². The largest absolute Gasteiger partial charge is 0.465 e. The zero-order valence-corrected chi connectivity index (χ0v) is 21.2. The first kappa shape index (κ1) is 27.0. The number of alkyl halides is 1. The van der Waals surface area contributed by atoms with Crippen molar-refractivity contribution in [3.05, 3.63) is 54.5 Å². The fraction of sp³-hybridized carbons (Fsp3) is 0.435. The van der Waals surface area contributed by atoms with E-state index in [0.29, 0.717) is 11.2 Å². The highest BCUT2D eigenvalue weighted by atomic mass is 31.2. The molecule has 4 rings (SSSR count). The van der Waals surface area contributed by atoms with E-state index in [2.05, 4.69) is 15.2 Å². The normalized spacial score (nSPS) is 24.0. The zero-order valence-electron chi connectivity index (χ0n) is 20.3. The predicted molar refractivity (Wildman–Crippen MR) is 130 cm³/mol. The standard InChI is InChI=1S/C23H29FN5O7P/c1-3-33-22(31)15(2)28-37(32,36-16-7-5-4-6-8-16)34-13-23(12-24)11-19(30)20(35-23)17-9-10-18-21(25)26-14-27-29(17)18/h4-10,14-15,19-20,30H,3,11-13H2,1-2H3,(H,28,32)(H2,25,26,27)/t15-,19+,20-,23+,37?/m0/s1. The summed E-state index contributed by atoms with van der Waals surface area (Å²) in [4.78, 5) is 16.1. The molecule has 3 aromatic rings. The van der Waals surface area contributed by atoms with Crippen molar-refractivity contribution in [1.82, 2.24) is 19.7 Å². The fourth-order valence-electron chi connectivity index (χ4n) is 4.02. The van der Waals surface area contributed by atoms with Crippen molar-refractivity contribution in [2.75, 3.05) is 25.6 Å². The second kappa shape index (κ2) is 11.1. The summed E-state index contributed by atoms with van der Waals surface area (Å²) in [6, 6.07) is 10.4. The number of carbonyl (C=O) groups is 1. The molecule has 1 unspecified atom stereocenters. The van der Waals surface area contributed by atoms with Gasteiger partial charge in [0.1, 0.15) is 42.0 Å². The third kappa shape index (κ3) is 5.91. The van der Waals surface area contributed by atoms with Crippen molar-refractivity contribution in [3.63, 3.8) is 0 Å². The third-order valence-electron chi connectivity index (χ3n) is 5.81. The topological polar surface area (TPSA) is 160 Å². The molecule has 4 N–H and O–H groups in total. The number of para-hydroxylation sites is 1. The first-order valence-electron chi connectivity index (χ1n) is 11.6. The smallest absolute Gasteiger partial charge is 0.459 e. The summed E-state index contributed by atoms with van der Waals surface area (Å²) in [5.41, 5.74) is 5.16. The first-order chi connectivity index (χ1) is 17.7. The van der Waals surface area contributed by atoms with Crippen LogP contribution < -0.4 is 15.3 Å². The van der Waals surface area contributed by atoms with Crippen molar-refractivity contribution in [2.45, 2.75) is 44.1 Å². The van der Waals surface area contributed by atoms with E-state index in [1.165, 1.54) is 17.8 Å². The molecule has 3 heterocycles. The summed E-state index contributed by atoms with van der Waals surface area (Å²) < 4.78 is 51.7. The maximum Gasteiger partial charge on any atom is 0.459 e. The third-order valence-corrected chi connectivity index (χ3v) is 7.44. The van der Waals surface area contributed by atoms with Crippen LogP contribution in [-0.2, 0) is 23.4 Å². The number of nitrogens with zero attached hydrogens (tertiary/aromatic N) is 3. The number of rotatable bonds is 11. The first-order valence-corrected chi connectivity index (χ1v) is 13.2. The highest BCUT2D eigenvalue weighted by molar-refractivity contribution is 7.52. The van der Waals surface area contributed by atoms with Gasteiger partial charge in [-0.15, -0.1) is 0 Å². The van der Waals surface area contributed by atoms with Gasteiger partial charge in [-0.05, 0) is 38.1 Å². The number of hydrogen-bond donors (Lipinski definition) is 3. The van der Waals surface area contributed by atoms with Crippen LogP contribution in [0.3, 0.4) is 0 Å². The van der Waals surface area contributed by atoms with Gasteiger partial charge in [0.05, 0.1) is 25.0 Å². The number of nitrogen functional groups attached to an aromatic ring is 1. The molecular weight excluding hydrogens is 508 g/mol. The molecule has 1 aliphatic rings. The Morgan fingerprint density at radius 1 is 1.38 bits per heavy atom. The van der Waals surface area contributed by atoms with Crippen LogP contribution in [-0.4, -0.2) is 63.3 Å². The summed E-state index contributed by atoms with van der Waals surface area (Å²) in [6.07, 6.45) is -1.01. The molecule has 0 radical (unpaired) electrons. The Morgan fingerprint density at radius 2 is 2.14 bits per heavy atom. The van der Waals surface area contributed by atoms with Crippen LogP contribution in [0.1, 0.15) is 32.1 Å². The van der Waals surface area contributed by atoms with Gasteiger partial charge in [0, 0.05) is 6.42 Å². The predicted octanol–water partition coefficient (Wildman–Crippen LogP) is 2.59. The van der Waals surface area contributed by atoms with Gasteiger partial charge < -0.3 is 24.8 Å². The average Bonchev–Trinajstić information content (AvgIpc) is 3.45. The molecule has 2 aromatic heterocycles. The lowest BCUT2D eigenvalue weighted by atomic mass is 10.00. The molecule has 12 nitrogen and oxygen atoms in total. The number of aromatic nitrogens is 3. The van der Waals surface area contributed by atoms with Crippen LogP contribution in [0.15, 0.2) is 48.8 Å². The fourth-order valence-corrected chi connectivity index (χ4v) is 5.58. The monoisotopic (exact) mass is 537 g/mol. The van der Waals surface area contributed by atoms with E-state index in [0.717, 1.165) is 0 Å². The van der Waals surface area contributed by atoms with Crippen molar-refractivity contribution in [1.29, 1.82) is 0 Å². The zero-order chi connectivity index (χ0) is 26.6. The summed E-state index contributed by atoms with van der Waals surface area (Å²) in [7, 11) is -4.25. The van der Waals surface area contributed by atoms with E-state index >= 15 is 0 Å². The van der Waals surface area contributed by atoms with Gasteiger partial charge in [0.2, 0.25) is 0 Å². The van der Waals surface area contributed by atoms with Crippen LogP contribution in [0.2, 0.25) is 0 Å². The number of benzene rings is 1. The van der Waals surface area contributed by atoms with Crippen molar-refractivity contribution in [3.8, 4) is 5.75 Å². The number of carbonyl (C=O) groups excluding carboxylic acids is 1. The van der Waals surface area contributed by atoms with Crippen LogP contribution in [0.4, 0.5) is 10.2 Å². The van der Waals surface area contributed by atoms with E-state index in [4.69, 9.17) is 24.3 Å². The molecule has 0 amide bonds. The van der Waals surface area contributed by atoms with Crippen molar-refractivity contribution >= 4 is 25.1 Å². The molecule has 0 spiro atoms. The molecule has 0 bridgehead atoms. The molecule has 1 aromatic carbocycles. The Bertz CT molecular complexity index is 1280. The number of anilines is 1. The Hall–Kier alpha value is -3.09. The molecule has 14 heteroatoms. The lowest BCUT2D eigenvalue weighted by Crippen LogP contribution is -2.40. The molecule has 1 saturated heterocycles. The quantitative estimate of drug-likeness (QED) is 0.244. The number of esters is 1.